The number of thioether (sulfide) groups is 1. The summed E-state index contributed by atoms with van der Waals surface area (Å²) in [5, 5.41) is 1.63. The topological polar surface area (TPSA) is 48.6 Å². The van der Waals surface area contributed by atoms with Gasteiger partial charge >= 0.3 is 0 Å². The second-order valence-corrected chi connectivity index (χ2v) is 10.1. The molecule has 1 atom stereocenters. The van der Waals surface area contributed by atoms with Gasteiger partial charge in [0.15, 0.2) is 5.16 Å². The van der Waals surface area contributed by atoms with Crippen LogP contribution in [-0.2, 0) is 13.0 Å². The number of quaternary nitrogens is 1. The lowest BCUT2D eigenvalue weighted by molar-refractivity contribution is -0.895. The van der Waals surface area contributed by atoms with Crippen LogP contribution in [0.3, 0.4) is 0 Å². The Balaban J connectivity index is 1.79. The number of rotatable bonds is 8. The van der Waals surface area contributed by atoms with Crippen LogP contribution in [0.4, 0.5) is 0 Å². The molecule has 0 spiro atoms. The minimum atomic E-state index is 0.0679. The molecule has 30 heavy (non-hydrogen) atoms. The molecule has 0 aliphatic carbocycles. The van der Waals surface area contributed by atoms with Crippen molar-refractivity contribution in [2.45, 2.75) is 50.7 Å². The van der Waals surface area contributed by atoms with E-state index < -0.39 is 0 Å². The van der Waals surface area contributed by atoms with Gasteiger partial charge in [0, 0.05) is 12.2 Å². The van der Waals surface area contributed by atoms with E-state index in [2.05, 4.69) is 14.0 Å². The average molecular weight is 445 g/mol. The van der Waals surface area contributed by atoms with Gasteiger partial charge in [-0.25, -0.2) is 4.98 Å². The molecule has 1 unspecified atom stereocenters. The first-order valence-electron chi connectivity index (χ1n) is 10.8. The third-order valence-electron chi connectivity index (χ3n) is 5.70. The molecule has 2 aromatic heterocycles. The highest BCUT2D eigenvalue weighted by atomic mass is 32.2. The third kappa shape index (κ3) is 4.29. The van der Waals surface area contributed by atoms with Crippen LogP contribution in [0.2, 0.25) is 0 Å². The minimum absolute atomic E-state index is 0.0679. The summed E-state index contributed by atoms with van der Waals surface area (Å²) in [6.45, 7) is 4.27. The second-order valence-electron chi connectivity index (χ2n) is 7.96. The van der Waals surface area contributed by atoms with Crippen molar-refractivity contribution in [2.24, 2.45) is 0 Å². The van der Waals surface area contributed by atoms with Crippen LogP contribution in [0, 0.1) is 0 Å². The van der Waals surface area contributed by atoms with Crippen LogP contribution in [0.5, 0.6) is 5.75 Å². The summed E-state index contributed by atoms with van der Waals surface area (Å²) in [6.07, 6.45) is 5.80. The van der Waals surface area contributed by atoms with Crippen molar-refractivity contribution in [1.29, 1.82) is 0 Å². The van der Waals surface area contributed by atoms with Crippen LogP contribution >= 0.6 is 23.1 Å². The first-order chi connectivity index (χ1) is 14.6. The summed E-state index contributed by atoms with van der Waals surface area (Å²) >= 11 is 3.41. The highest BCUT2D eigenvalue weighted by Crippen LogP contribution is 2.32. The van der Waals surface area contributed by atoms with Crippen LogP contribution in [-0.4, -0.2) is 36.0 Å². The van der Waals surface area contributed by atoms with E-state index in [1.807, 2.05) is 28.8 Å². The molecule has 0 bridgehead atoms. The van der Waals surface area contributed by atoms with Crippen LogP contribution in [0.1, 0.15) is 43.0 Å². The van der Waals surface area contributed by atoms with Gasteiger partial charge in [0.25, 0.3) is 5.56 Å². The zero-order chi connectivity index (χ0) is 21.1. The number of hydrogen-bond donors (Lipinski definition) is 1. The van der Waals surface area contributed by atoms with E-state index in [0.29, 0.717) is 0 Å². The molecule has 0 amide bonds. The number of ether oxygens (including phenoxy) is 1. The molecule has 4 rings (SSSR count). The van der Waals surface area contributed by atoms with E-state index in [0.717, 1.165) is 58.5 Å². The van der Waals surface area contributed by atoms with Crippen molar-refractivity contribution in [3.8, 4) is 11.4 Å². The Morgan fingerprint density at radius 3 is 2.77 bits per heavy atom. The summed E-state index contributed by atoms with van der Waals surface area (Å²) in [5.74, 6) is 1.76. The maximum atomic E-state index is 13.7. The Kier molecular flexibility index (Phi) is 6.80. The number of hydrogen-bond acceptors (Lipinski definition) is 5. The summed E-state index contributed by atoms with van der Waals surface area (Å²) in [4.78, 5) is 22.5. The van der Waals surface area contributed by atoms with E-state index in [9.17, 15) is 4.79 Å². The average Bonchev–Trinajstić information content (AvgIpc) is 3.11. The highest BCUT2D eigenvalue weighted by Gasteiger charge is 2.26. The van der Waals surface area contributed by atoms with Gasteiger partial charge in [-0.1, -0.05) is 37.9 Å². The lowest BCUT2D eigenvalue weighted by Gasteiger charge is -2.19. The summed E-state index contributed by atoms with van der Waals surface area (Å²) in [5.41, 5.74) is 2.14. The smallest absolute Gasteiger partial charge is 0.267 e. The molecule has 1 aromatic carbocycles. The summed E-state index contributed by atoms with van der Waals surface area (Å²) in [7, 11) is 3.87. The van der Waals surface area contributed by atoms with Crippen LogP contribution in [0.25, 0.3) is 15.9 Å². The van der Waals surface area contributed by atoms with Crippen molar-refractivity contribution in [3.05, 3.63) is 45.1 Å². The molecule has 3 heterocycles. The van der Waals surface area contributed by atoms with Crippen molar-refractivity contribution in [1.82, 2.24) is 9.55 Å². The maximum Gasteiger partial charge on any atom is 0.267 e. The van der Waals surface area contributed by atoms with Gasteiger partial charge in [-0.05, 0) is 36.2 Å². The number of aromatic nitrogens is 2. The third-order valence-corrected chi connectivity index (χ3v) is 7.85. The molecule has 1 N–H and O–H groups in total. The van der Waals surface area contributed by atoms with Gasteiger partial charge in [0.05, 0.1) is 36.7 Å². The maximum absolute atomic E-state index is 13.7. The molecular weight excluding hydrogens is 414 g/mol. The molecule has 0 saturated carbocycles. The lowest BCUT2D eigenvalue weighted by Crippen LogP contribution is -3.08. The molecule has 160 valence electrons. The molecule has 3 aromatic rings. The van der Waals surface area contributed by atoms with E-state index in [-0.39, 0.29) is 5.56 Å². The largest absolute Gasteiger partial charge is 0.497 e. The molecule has 0 fully saturated rings. The predicted octanol–water partition coefficient (Wildman–Crippen LogP) is 3.70. The predicted molar refractivity (Wildman–Crippen MR) is 126 cm³/mol. The van der Waals surface area contributed by atoms with Crippen molar-refractivity contribution in [2.75, 3.05) is 26.5 Å². The minimum Gasteiger partial charge on any atom is -0.497 e. The Bertz CT molecular complexity index is 1070. The SMILES string of the molecule is CCCCCCSc1nc2sc3c(c2c(=O)n1-c1ccc(OC)cc1)CC[NH+](C)C3. The normalized spacial score (nSPS) is 16.0. The highest BCUT2D eigenvalue weighted by molar-refractivity contribution is 7.99. The Labute approximate surface area is 186 Å². The molecule has 0 saturated heterocycles. The Morgan fingerprint density at radius 1 is 1.23 bits per heavy atom. The molecular formula is C23H30N3O2S2+. The zero-order valence-electron chi connectivity index (χ0n) is 18.0. The number of unbranched alkanes of at least 4 members (excludes halogenated alkanes) is 3. The van der Waals surface area contributed by atoms with Gasteiger partial charge in [-0.2, -0.15) is 0 Å². The fourth-order valence-corrected chi connectivity index (χ4v) is 6.37. The zero-order valence-corrected chi connectivity index (χ0v) is 19.6. The molecule has 5 nitrogen and oxygen atoms in total. The number of benzene rings is 1. The number of nitrogens with one attached hydrogen (secondary N) is 1. The molecule has 1 aliphatic heterocycles. The van der Waals surface area contributed by atoms with Crippen LogP contribution in [0.15, 0.2) is 34.2 Å². The fourth-order valence-electron chi connectivity index (χ4n) is 3.99. The Morgan fingerprint density at radius 2 is 2.03 bits per heavy atom. The van der Waals surface area contributed by atoms with Gasteiger partial charge < -0.3 is 9.64 Å². The van der Waals surface area contributed by atoms with E-state index >= 15 is 0 Å². The van der Waals surface area contributed by atoms with Gasteiger partial charge in [-0.15, -0.1) is 11.3 Å². The first-order valence-corrected chi connectivity index (χ1v) is 12.6. The molecule has 7 heteroatoms. The number of fused-ring (bicyclic) bond motifs is 3. The van der Waals surface area contributed by atoms with E-state index in [4.69, 9.17) is 9.72 Å². The number of thiophene rings is 1. The quantitative estimate of drug-likeness (QED) is 0.327. The standard InChI is InChI=1S/C23H29N3O2S2/c1-4-5-6-7-14-29-23-24-21-20(18-12-13-25(2)15-19(18)30-21)22(27)26(23)16-8-10-17(28-3)11-9-16/h8-11H,4-7,12-15H2,1-3H3/p+1. The lowest BCUT2D eigenvalue weighted by atomic mass is 10.1. The number of likely N-dealkylation sites (N-methyl/N-ethyl adjacent to an activating group) is 1. The van der Waals surface area contributed by atoms with Crippen LogP contribution < -0.4 is 15.2 Å². The number of methoxy groups -OCH3 is 1. The molecule has 1 aliphatic rings. The van der Waals surface area contributed by atoms with Gasteiger partial charge in [0.1, 0.15) is 17.1 Å². The van der Waals surface area contributed by atoms with Crippen molar-refractivity contribution < 1.29 is 9.64 Å². The number of nitrogens with zero attached hydrogens (tertiary/aromatic N) is 2. The van der Waals surface area contributed by atoms with Gasteiger partial charge in [-0.3, -0.25) is 9.36 Å². The Hall–Kier alpha value is -1.83. The summed E-state index contributed by atoms with van der Waals surface area (Å²) in [6, 6.07) is 7.71. The fraction of sp³-hybridized carbons (Fsp3) is 0.478. The summed E-state index contributed by atoms with van der Waals surface area (Å²) < 4.78 is 7.11. The van der Waals surface area contributed by atoms with Crippen molar-refractivity contribution >= 4 is 33.3 Å². The monoisotopic (exact) mass is 444 g/mol. The van der Waals surface area contributed by atoms with Gasteiger partial charge in [0.2, 0.25) is 0 Å². The first kappa shape index (κ1) is 21.4. The van der Waals surface area contributed by atoms with E-state index in [1.54, 1.807) is 30.2 Å². The molecule has 0 radical (unpaired) electrons. The van der Waals surface area contributed by atoms with Crippen molar-refractivity contribution in [3.63, 3.8) is 0 Å². The second kappa shape index (κ2) is 9.54. The van der Waals surface area contributed by atoms with E-state index in [1.165, 1.54) is 34.6 Å².